The highest BCUT2D eigenvalue weighted by Crippen LogP contribution is 2.57. The number of hydrogen-bond acceptors (Lipinski definition) is 5. The highest BCUT2D eigenvalue weighted by molar-refractivity contribution is 6.31. The van der Waals surface area contributed by atoms with E-state index in [0.717, 1.165) is 6.07 Å². The Morgan fingerprint density at radius 1 is 1.02 bits per heavy atom. The third-order valence-corrected chi connectivity index (χ3v) is 8.26. The van der Waals surface area contributed by atoms with Gasteiger partial charge in [0.15, 0.2) is 0 Å². The van der Waals surface area contributed by atoms with Gasteiger partial charge in [-0.2, -0.15) is 5.26 Å². The Labute approximate surface area is 256 Å². The molecule has 0 bridgehead atoms. The number of aliphatic carboxylic acids is 1. The summed E-state index contributed by atoms with van der Waals surface area (Å²) in [5.74, 6) is -6.82. The highest BCUT2D eigenvalue weighted by Gasteiger charge is 2.65. The Kier molecular flexibility index (Phi) is 8.47. The lowest BCUT2D eigenvalue weighted by atomic mass is 9.62. The van der Waals surface area contributed by atoms with Crippen molar-refractivity contribution in [1.29, 1.82) is 5.26 Å². The fourth-order valence-corrected chi connectivity index (χ4v) is 6.48. The largest absolute Gasteiger partial charge is 0.480 e. The molecule has 0 spiro atoms. The number of nitriles is 1. The van der Waals surface area contributed by atoms with Gasteiger partial charge in [-0.15, -0.1) is 0 Å². The van der Waals surface area contributed by atoms with Crippen LogP contribution < -0.4 is 16.4 Å². The molecule has 3 aromatic carbocycles. The number of carboxylic acids is 1. The normalized spacial score (nSPS) is 21.8. The van der Waals surface area contributed by atoms with E-state index in [0.29, 0.717) is 0 Å². The second-order valence-corrected chi connectivity index (χ2v) is 12.5. The number of anilines is 1. The van der Waals surface area contributed by atoms with Crippen molar-refractivity contribution in [2.75, 3.05) is 4.90 Å². The second kappa shape index (κ2) is 11.5. The number of carboxylic acid groups (broad SMARTS) is 1. The average Bonchev–Trinajstić information content (AvgIpc) is 3.19. The number of carbonyl (C=O) groups excluding carboxylic acids is 2. The molecule has 1 saturated heterocycles. The summed E-state index contributed by atoms with van der Waals surface area (Å²) in [6, 6.07) is 10.8. The lowest BCUT2D eigenvalue weighted by Gasteiger charge is -2.40. The lowest BCUT2D eigenvalue weighted by Crippen LogP contribution is -2.47. The molecule has 224 valence electrons. The summed E-state index contributed by atoms with van der Waals surface area (Å²) < 4.78 is 31.8. The minimum absolute atomic E-state index is 0.0324. The molecule has 1 aliphatic rings. The van der Waals surface area contributed by atoms with Crippen molar-refractivity contribution in [3.8, 4) is 6.07 Å². The zero-order valence-electron chi connectivity index (χ0n) is 23.4. The first-order valence-corrected chi connectivity index (χ1v) is 13.9. The molecular formula is C31H28Cl2F2N4O4. The van der Waals surface area contributed by atoms with Crippen LogP contribution in [-0.2, 0) is 10.2 Å². The zero-order valence-corrected chi connectivity index (χ0v) is 24.9. The fraction of sp³-hybridized carbons (Fsp3) is 0.290. The van der Waals surface area contributed by atoms with Crippen LogP contribution in [0.1, 0.15) is 65.0 Å². The Balaban J connectivity index is 2.20. The summed E-state index contributed by atoms with van der Waals surface area (Å²) in [5.41, 5.74) is 7.49. The summed E-state index contributed by atoms with van der Waals surface area (Å²) in [4.78, 5) is 39.0. The van der Waals surface area contributed by atoms with Crippen molar-refractivity contribution in [3.05, 3.63) is 98.5 Å². The maximum Gasteiger partial charge on any atom is 0.327 e. The van der Waals surface area contributed by atoms with Crippen molar-refractivity contribution >= 4 is 46.7 Å². The second-order valence-electron chi connectivity index (χ2n) is 11.7. The molecule has 12 heteroatoms. The van der Waals surface area contributed by atoms with Gasteiger partial charge in [0.1, 0.15) is 23.1 Å². The minimum Gasteiger partial charge on any atom is -0.480 e. The van der Waals surface area contributed by atoms with Gasteiger partial charge in [-0.1, -0.05) is 62.2 Å². The Morgan fingerprint density at radius 3 is 2.21 bits per heavy atom. The van der Waals surface area contributed by atoms with E-state index in [-0.39, 0.29) is 44.4 Å². The van der Waals surface area contributed by atoms with Crippen LogP contribution in [0.2, 0.25) is 10.0 Å². The van der Waals surface area contributed by atoms with Gasteiger partial charge < -0.3 is 21.5 Å². The number of halogens is 4. The molecule has 1 aliphatic heterocycles. The predicted octanol–water partition coefficient (Wildman–Crippen LogP) is 5.79. The van der Waals surface area contributed by atoms with Crippen LogP contribution in [0, 0.1) is 28.4 Å². The van der Waals surface area contributed by atoms with E-state index in [9.17, 15) is 24.8 Å². The van der Waals surface area contributed by atoms with E-state index in [1.54, 1.807) is 0 Å². The quantitative estimate of drug-likeness (QED) is 0.301. The standard InChI is InChI=1S/C31H28Cl2F2N4O4/c1-30(2,3)13-23-31(14-36,20-10-7-15(32)11-22(20)34)24(18-5-4-6-21(33)25(18)35)26(29(42)43)39(23)16-8-9-17(27(37)40)19(12-16)28(38)41/h4-12,23-24,26H,13H2,1-3H3,(H2,37,40)(H2,38,41)(H,42,43)/t23-,24-,26+,31-/m0/s1. The molecule has 0 aromatic heterocycles. The van der Waals surface area contributed by atoms with Gasteiger partial charge in [0.25, 0.3) is 0 Å². The molecule has 1 fully saturated rings. The third-order valence-electron chi connectivity index (χ3n) is 7.74. The van der Waals surface area contributed by atoms with E-state index in [2.05, 4.69) is 6.07 Å². The summed E-state index contributed by atoms with van der Waals surface area (Å²) in [6.45, 7) is 5.54. The number of benzene rings is 3. The van der Waals surface area contributed by atoms with E-state index in [1.165, 1.54) is 53.4 Å². The molecule has 43 heavy (non-hydrogen) atoms. The molecule has 8 nitrogen and oxygen atoms in total. The Bertz CT molecular complexity index is 1690. The number of carbonyl (C=O) groups is 3. The van der Waals surface area contributed by atoms with Crippen LogP contribution in [0.3, 0.4) is 0 Å². The molecule has 1 heterocycles. The van der Waals surface area contributed by atoms with Crippen LogP contribution >= 0.6 is 23.2 Å². The molecule has 2 amide bonds. The van der Waals surface area contributed by atoms with Gasteiger partial charge in [-0.05, 0) is 53.8 Å². The first kappa shape index (κ1) is 31.7. The average molecular weight is 629 g/mol. The van der Waals surface area contributed by atoms with E-state index >= 15 is 8.78 Å². The molecule has 4 atom stereocenters. The van der Waals surface area contributed by atoms with Crippen molar-refractivity contribution < 1.29 is 28.3 Å². The van der Waals surface area contributed by atoms with Crippen molar-refractivity contribution in [2.45, 2.75) is 50.6 Å². The van der Waals surface area contributed by atoms with Crippen LogP contribution in [0.4, 0.5) is 14.5 Å². The zero-order chi connectivity index (χ0) is 32.0. The van der Waals surface area contributed by atoms with Crippen molar-refractivity contribution in [1.82, 2.24) is 0 Å². The SMILES string of the molecule is CC(C)(C)C[C@@H]1N(c2ccc(C(N)=O)c(C(N)=O)c2)[C@@H](C(=O)O)[C@H](c2cccc(Cl)c2F)[C@@]1(C#N)c1ccc(Cl)cc1F. The maximum absolute atomic E-state index is 15.9. The summed E-state index contributed by atoms with van der Waals surface area (Å²) in [5, 5.41) is 21.6. The predicted molar refractivity (Wildman–Crippen MR) is 158 cm³/mol. The molecule has 0 aliphatic carbocycles. The molecule has 0 radical (unpaired) electrons. The first-order valence-electron chi connectivity index (χ1n) is 13.1. The summed E-state index contributed by atoms with van der Waals surface area (Å²) in [6.07, 6.45) is 0.0918. The maximum atomic E-state index is 15.9. The molecule has 4 rings (SSSR count). The Morgan fingerprint density at radius 2 is 1.67 bits per heavy atom. The molecule has 0 saturated carbocycles. The number of nitrogens with two attached hydrogens (primary N) is 2. The molecular weight excluding hydrogens is 601 g/mol. The minimum atomic E-state index is -2.05. The van der Waals surface area contributed by atoms with Gasteiger partial charge in [0, 0.05) is 22.2 Å². The van der Waals surface area contributed by atoms with Crippen LogP contribution in [0.5, 0.6) is 0 Å². The Hall–Kier alpha value is -4.20. The van der Waals surface area contributed by atoms with Gasteiger partial charge in [0.05, 0.1) is 28.3 Å². The summed E-state index contributed by atoms with van der Waals surface area (Å²) in [7, 11) is 0. The van der Waals surface area contributed by atoms with Crippen LogP contribution in [0.15, 0.2) is 54.6 Å². The van der Waals surface area contributed by atoms with E-state index in [1.807, 2.05) is 20.8 Å². The first-order chi connectivity index (χ1) is 20.0. The third kappa shape index (κ3) is 5.51. The van der Waals surface area contributed by atoms with Crippen molar-refractivity contribution in [2.24, 2.45) is 16.9 Å². The number of hydrogen-bond donors (Lipinski definition) is 3. The topological polar surface area (TPSA) is 151 Å². The van der Waals surface area contributed by atoms with Crippen LogP contribution in [0.25, 0.3) is 0 Å². The smallest absolute Gasteiger partial charge is 0.327 e. The number of primary amides is 2. The number of amides is 2. The van der Waals surface area contributed by atoms with Crippen LogP contribution in [-0.4, -0.2) is 35.0 Å². The molecule has 0 unspecified atom stereocenters. The molecule has 3 aromatic rings. The van der Waals surface area contributed by atoms with Gasteiger partial charge in [-0.25, -0.2) is 13.6 Å². The number of nitrogens with zero attached hydrogens (tertiary/aromatic N) is 2. The van der Waals surface area contributed by atoms with Gasteiger partial charge in [0.2, 0.25) is 11.8 Å². The van der Waals surface area contributed by atoms with Gasteiger partial charge >= 0.3 is 5.97 Å². The van der Waals surface area contributed by atoms with E-state index in [4.69, 9.17) is 34.7 Å². The number of rotatable bonds is 7. The summed E-state index contributed by atoms with van der Waals surface area (Å²) >= 11 is 12.2. The molecule has 5 N–H and O–H groups in total. The monoisotopic (exact) mass is 628 g/mol. The highest BCUT2D eigenvalue weighted by atomic mass is 35.5. The lowest BCUT2D eigenvalue weighted by molar-refractivity contribution is -0.138. The van der Waals surface area contributed by atoms with E-state index < -0.39 is 58.2 Å². The van der Waals surface area contributed by atoms with Crippen molar-refractivity contribution in [3.63, 3.8) is 0 Å². The fourth-order valence-electron chi connectivity index (χ4n) is 6.14. The van der Waals surface area contributed by atoms with Gasteiger partial charge in [-0.3, -0.25) is 9.59 Å².